The number of nitrogens with two attached hydrogens (primary N) is 1. The second kappa shape index (κ2) is 6.66. The summed E-state index contributed by atoms with van der Waals surface area (Å²) in [5.74, 6) is 0.647. The predicted molar refractivity (Wildman–Crippen MR) is 82.5 cm³/mol. The molecule has 0 spiro atoms. The fourth-order valence-electron chi connectivity index (χ4n) is 3.05. The predicted octanol–water partition coefficient (Wildman–Crippen LogP) is 2.15. The van der Waals surface area contributed by atoms with Gasteiger partial charge in [0.05, 0.1) is 5.69 Å². The number of rotatable bonds is 4. The molecule has 0 aliphatic carbocycles. The fourth-order valence-corrected chi connectivity index (χ4v) is 3.05. The van der Waals surface area contributed by atoms with Gasteiger partial charge in [0.1, 0.15) is 18.3 Å². The van der Waals surface area contributed by atoms with E-state index in [1.807, 2.05) is 4.90 Å². The number of carbonyl (C=O) groups is 1. The third-order valence-corrected chi connectivity index (χ3v) is 4.15. The molecule has 1 atom stereocenters. The molecule has 5 heteroatoms. The van der Waals surface area contributed by atoms with E-state index in [1.54, 1.807) is 10.6 Å². The highest BCUT2D eigenvalue weighted by Gasteiger charge is 2.23. The number of nitriles is 1. The van der Waals surface area contributed by atoms with Gasteiger partial charge in [-0.2, -0.15) is 5.26 Å². The van der Waals surface area contributed by atoms with Crippen molar-refractivity contribution in [1.29, 1.82) is 5.26 Å². The Morgan fingerprint density at radius 3 is 2.95 bits per heavy atom. The number of hydrogen-bond donors (Lipinski definition) is 1. The van der Waals surface area contributed by atoms with Gasteiger partial charge in [0, 0.05) is 18.8 Å². The molecular formula is C16H24N4O. The van der Waals surface area contributed by atoms with Crippen LogP contribution in [0.1, 0.15) is 44.5 Å². The quantitative estimate of drug-likeness (QED) is 0.922. The summed E-state index contributed by atoms with van der Waals surface area (Å²) in [7, 11) is 0. The van der Waals surface area contributed by atoms with Gasteiger partial charge in [-0.25, -0.2) is 0 Å². The Labute approximate surface area is 126 Å². The Bertz CT molecular complexity index is 555. The second-order valence-electron chi connectivity index (χ2n) is 5.97. The standard InChI is InChI=1S/C16H24N4O/c1-3-5-15-14(18)8-13(9-17)20(15)11-16(21)19-7-4-6-12(2)10-19/h8,12H,3-7,10-11,18H2,1-2H3/t12-/m1/s1. The van der Waals surface area contributed by atoms with E-state index in [4.69, 9.17) is 5.73 Å². The molecule has 1 aliphatic rings. The summed E-state index contributed by atoms with van der Waals surface area (Å²) in [6, 6.07) is 3.82. The van der Waals surface area contributed by atoms with Crippen LogP contribution in [-0.4, -0.2) is 28.5 Å². The maximum absolute atomic E-state index is 12.5. The molecule has 1 aliphatic heterocycles. The van der Waals surface area contributed by atoms with E-state index in [9.17, 15) is 10.1 Å². The van der Waals surface area contributed by atoms with Crippen molar-refractivity contribution in [2.75, 3.05) is 18.8 Å². The molecule has 114 valence electrons. The number of anilines is 1. The minimum atomic E-state index is 0.0889. The van der Waals surface area contributed by atoms with Crippen LogP contribution >= 0.6 is 0 Å². The molecule has 1 aromatic heterocycles. The Morgan fingerprint density at radius 2 is 2.33 bits per heavy atom. The van der Waals surface area contributed by atoms with Crippen molar-refractivity contribution < 1.29 is 4.79 Å². The minimum absolute atomic E-state index is 0.0889. The summed E-state index contributed by atoms with van der Waals surface area (Å²) >= 11 is 0. The first kappa shape index (κ1) is 15.4. The van der Waals surface area contributed by atoms with Gasteiger partial charge in [-0.05, 0) is 31.2 Å². The molecule has 2 rings (SSSR count). The van der Waals surface area contributed by atoms with Crippen LogP contribution in [0, 0.1) is 17.2 Å². The molecule has 1 amide bonds. The molecule has 0 aromatic carbocycles. The number of carbonyl (C=O) groups excluding carboxylic acids is 1. The van der Waals surface area contributed by atoms with Crippen molar-refractivity contribution in [3.63, 3.8) is 0 Å². The molecule has 2 N–H and O–H groups in total. The third-order valence-electron chi connectivity index (χ3n) is 4.15. The zero-order chi connectivity index (χ0) is 15.4. The van der Waals surface area contributed by atoms with Gasteiger partial charge in [-0.3, -0.25) is 4.79 Å². The molecule has 0 unspecified atom stereocenters. The van der Waals surface area contributed by atoms with Gasteiger partial charge in [-0.1, -0.05) is 20.3 Å². The lowest BCUT2D eigenvalue weighted by atomic mass is 10.0. The highest BCUT2D eigenvalue weighted by atomic mass is 16.2. The van der Waals surface area contributed by atoms with E-state index in [-0.39, 0.29) is 12.5 Å². The number of hydrogen-bond acceptors (Lipinski definition) is 3. The summed E-state index contributed by atoms with van der Waals surface area (Å²) in [5, 5.41) is 9.24. The third kappa shape index (κ3) is 3.38. The van der Waals surface area contributed by atoms with Crippen LogP contribution in [0.15, 0.2) is 6.07 Å². The van der Waals surface area contributed by atoms with Gasteiger partial charge in [-0.15, -0.1) is 0 Å². The van der Waals surface area contributed by atoms with Crippen molar-refractivity contribution in [1.82, 2.24) is 9.47 Å². The van der Waals surface area contributed by atoms with Crippen molar-refractivity contribution >= 4 is 11.6 Å². The zero-order valence-electron chi connectivity index (χ0n) is 12.9. The largest absolute Gasteiger partial charge is 0.397 e. The minimum Gasteiger partial charge on any atom is -0.397 e. The molecule has 5 nitrogen and oxygen atoms in total. The number of likely N-dealkylation sites (tertiary alicyclic amines) is 1. The van der Waals surface area contributed by atoms with Crippen LogP contribution in [0.5, 0.6) is 0 Å². The zero-order valence-corrected chi connectivity index (χ0v) is 12.9. The van der Waals surface area contributed by atoms with Gasteiger partial charge in [0.25, 0.3) is 0 Å². The fraction of sp³-hybridized carbons (Fsp3) is 0.625. The van der Waals surface area contributed by atoms with Crippen molar-refractivity contribution in [3.05, 3.63) is 17.5 Å². The molecule has 0 bridgehead atoms. The Morgan fingerprint density at radius 1 is 1.57 bits per heavy atom. The highest BCUT2D eigenvalue weighted by molar-refractivity contribution is 5.77. The van der Waals surface area contributed by atoms with E-state index in [1.165, 1.54) is 6.42 Å². The number of aromatic nitrogens is 1. The highest BCUT2D eigenvalue weighted by Crippen LogP contribution is 2.21. The normalized spacial score (nSPS) is 18.5. The maximum Gasteiger partial charge on any atom is 0.242 e. The summed E-state index contributed by atoms with van der Waals surface area (Å²) in [5.41, 5.74) is 7.99. The first-order valence-electron chi connectivity index (χ1n) is 7.72. The Balaban J connectivity index is 2.18. The van der Waals surface area contributed by atoms with Crippen LogP contribution in [0.3, 0.4) is 0 Å². The van der Waals surface area contributed by atoms with Crippen LogP contribution in [-0.2, 0) is 17.8 Å². The van der Waals surface area contributed by atoms with E-state index in [2.05, 4.69) is 19.9 Å². The molecule has 21 heavy (non-hydrogen) atoms. The van der Waals surface area contributed by atoms with Crippen LogP contribution in [0.4, 0.5) is 5.69 Å². The lowest BCUT2D eigenvalue weighted by Gasteiger charge is -2.31. The van der Waals surface area contributed by atoms with E-state index >= 15 is 0 Å². The molecule has 2 heterocycles. The lowest BCUT2D eigenvalue weighted by Crippen LogP contribution is -2.41. The first-order chi connectivity index (χ1) is 10.1. The summed E-state index contributed by atoms with van der Waals surface area (Å²) in [6.45, 7) is 6.11. The molecular weight excluding hydrogens is 264 g/mol. The van der Waals surface area contributed by atoms with E-state index < -0.39 is 0 Å². The number of nitrogens with zero attached hydrogens (tertiary/aromatic N) is 3. The molecule has 0 saturated carbocycles. The van der Waals surface area contributed by atoms with Gasteiger partial charge in [0.15, 0.2) is 0 Å². The van der Waals surface area contributed by atoms with Crippen LogP contribution in [0.25, 0.3) is 0 Å². The SMILES string of the molecule is CCCc1c(N)cc(C#N)n1CC(=O)N1CCC[C@@H](C)C1. The summed E-state index contributed by atoms with van der Waals surface area (Å²) in [4.78, 5) is 14.4. The molecule has 1 fully saturated rings. The number of piperidine rings is 1. The van der Waals surface area contributed by atoms with Crippen LogP contribution in [0.2, 0.25) is 0 Å². The molecule has 1 aromatic rings. The van der Waals surface area contributed by atoms with E-state index in [0.29, 0.717) is 17.3 Å². The Kier molecular flexibility index (Phi) is 4.89. The van der Waals surface area contributed by atoms with Crippen molar-refractivity contribution in [2.24, 2.45) is 5.92 Å². The molecule has 0 radical (unpaired) electrons. The summed E-state index contributed by atoms with van der Waals surface area (Å²) < 4.78 is 1.79. The average molecular weight is 288 g/mol. The topological polar surface area (TPSA) is 75.0 Å². The number of nitrogen functional groups attached to an aromatic ring is 1. The number of amides is 1. The van der Waals surface area contributed by atoms with Gasteiger partial charge < -0.3 is 15.2 Å². The Hall–Kier alpha value is -1.96. The molecule has 1 saturated heterocycles. The van der Waals surface area contributed by atoms with E-state index in [0.717, 1.165) is 38.0 Å². The van der Waals surface area contributed by atoms with Crippen molar-refractivity contribution in [2.45, 2.75) is 46.1 Å². The van der Waals surface area contributed by atoms with Gasteiger partial charge in [0.2, 0.25) is 5.91 Å². The lowest BCUT2D eigenvalue weighted by molar-refractivity contribution is -0.133. The summed E-state index contributed by atoms with van der Waals surface area (Å²) in [6.07, 6.45) is 3.98. The average Bonchev–Trinajstić information content (AvgIpc) is 2.76. The second-order valence-corrected chi connectivity index (χ2v) is 5.97. The first-order valence-corrected chi connectivity index (χ1v) is 7.72. The van der Waals surface area contributed by atoms with Crippen molar-refractivity contribution in [3.8, 4) is 6.07 Å². The van der Waals surface area contributed by atoms with Crippen LogP contribution < -0.4 is 5.73 Å². The monoisotopic (exact) mass is 288 g/mol. The maximum atomic E-state index is 12.5. The van der Waals surface area contributed by atoms with Gasteiger partial charge >= 0.3 is 0 Å². The smallest absolute Gasteiger partial charge is 0.242 e.